The first kappa shape index (κ1) is 15.9. The second kappa shape index (κ2) is 7.04. The summed E-state index contributed by atoms with van der Waals surface area (Å²) in [5.74, 6) is 0.328. The zero-order valence-corrected chi connectivity index (χ0v) is 13.5. The Morgan fingerprint density at radius 3 is 2.88 bits per heavy atom. The highest BCUT2D eigenvalue weighted by Crippen LogP contribution is 2.24. The third-order valence-corrected chi connectivity index (χ3v) is 3.56. The molecule has 3 rings (SSSR count). The smallest absolute Gasteiger partial charge is 0.374 e. The van der Waals surface area contributed by atoms with Crippen LogP contribution in [0.2, 0.25) is 0 Å². The molecule has 0 bridgehead atoms. The van der Waals surface area contributed by atoms with E-state index in [1.54, 1.807) is 32.4 Å². The number of esters is 1. The number of carbonyl (C=O) groups excluding carboxylic acids is 1. The summed E-state index contributed by atoms with van der Waals surface area (Å²) in [6.07, 6.45) is 1.71. The molecule has 0 atom stereocenters. The van der Waals surface area contributed by atoms with Crippen LogP contribution in [0.1, 0.15) is 23.0 Å². The fourth-order valence-corrected chi connectivity index (χ4v) is 2.38. The zero-order valence-electron chi connectivity index (χ0n) is 13.5. The van der Waals surface area contributed by atoms with Gasteiger partial charge in [-0.05, 0) is 30.7 Å². The molecule has 6 heteroatoms. The average Bonchev–Trinajstić information content (AvgIpc) is 3.05. The van der Waals surface area contributed by atoms with Crippen molar-refractivity contribution in [2.24, 2.45) is 0 Å². The van der Waals surface area contributed by atoms with E-state index in [2.05, 4.69) is 10.3 Å². The van der Waals surface area contributed by atoms with Gasteiger partial charge < -0.3 is 19.2 Å². The summed E-state index contributed by atoms with van der Waals surface area (Å²) in [5, 5.41) is 4.18. The number of methoxy groups -OCH3 is 1. The zero-order chi connectivity index (χ0) is 16.9. The summed E-state index contributed by atoms with van der Waals surface area (Å²) in [6.45, 7) is 2.65. The van der Waals surface area contributed by atoms with E-state index in [4.69, 9.17) is 13.9 Å². The summed E-state index contributed by atoms with van der Waals surface area (Å²) in [4.78, 5) is 16.0. The Hall–Kier alpha value is -3.02. The lowest BCUT2D eigenvalue weighted by Gasteiger charge is -2.07. The highest BCUT2D eigenvalue weighted by atomic mass is 16.5. The number of anilines is 1. The molecule has 24 heavy (non-hydrogen) atoms. The van der Waals surface area contributed by atoms with Crippen molar-refractivity contribution in [1.82, 2.24) is 4.98 Å². The Morgan fingerprint density at radius 2 is 2.17 bits per heavy atom. The summed E-state index contributed by atoms with van der Waals surface area (Å²) in [5.41, 5.74) is 2.55. The quantitative estimate of drug-likeness (QED) is 0.697. The van der Waals surface area contributed by atoms with Crippen LogP contribution in [0, 0.1) is 0 Å². The summed E-state index contributed by atoms with van der Waals surface area (Å²) < 4.78 is 15.6. The van der Waals surface area contributed by atoms with Crippen LogP contribution in [0.5, 0.6) is 5.88 Å². The Labute approximate surface area is 139 Å². The Kier molecular flexibility index (Phi) is 4.65. The third kappa shape index (κ3) is 3.32. The molecule has 1 N–H and O–H groups in total. The number of hydrogen-bond donors (Lipinski definition) is 1. The lowest BCUT2D eigenvalue weighted by atomic mass is 10.1. The van der Waals surface area contributed by atoms with E-state index in [9.17, 15) is 4.79 Å². The van der Waals surface area contributed by atoms with Crippen molar-refractivity contribution in [3.05, 3.63) is 53.9 Å². The third-order valence-electron chi connectivity index (χ3n) is 3.56. The highest BCUT2D eigenvalue weighted by molar-refractivity contribution is 5.93. The van der Waals surface area contributed by atoms with Gasteiger partial charge in [-0.15, -0.1) is 0 Å². The molecule has 2 heterocycles. The van der Waals surface area contributed by atoms with Crippen LogP contribution in [0.25, 0.3) is 11.0 Å². The molecular formula is C18H18N2O4. The van der Waals surface area contributed by atoms with Gasteiger partial charge in [-0.25, -0.2) is 9.78 Å². The molecule has 3 aromatic rings. The predicted molar refractivity (Wildman–Crippen MR) is 90.3 cm³/mol. The van der Waals surface area contributed by atoms with Crippen molar-refractivity contribution in [3.8, 4) is 5.88 Å². The van der Waals surface area contributed by atoms with Crippen molar-refractivity contribution in [2.75, 3.05) is 19.0 Å². The maximum atomic E-state index is 11.8. The number of fused-ring (bicyclic) bond motifs is 1. The molecule has 0 fully saturated rings. The minimum atomic E-state index is -0.452. The Balaban J connectivity index is 1.79. The highest BCUT2D eigenvalue weighted by Gasteiger charge is 2.15. The van der Waals surface area contributed by atoms with Gasteiger partial charge in [-0.2, -0.15) is 0 Å². The normalized spacial score (nSPS) is 10.6. The van der Waals surface area contributed by atoms with Crippen LogP contribution in [-0.4, -0.2) is 24.7 Å². The topological polar surface area (TPSA) is 73.6 Å². The fraction of sp³-hybridized carbons (Fsp3) is 0.222. The summed E-state index contributed by atoms with van der Waals surface area (Å²) in [6, 6.07) is 11.1. The molecule has 0 aliphatic carbocycles. The predicted octanol–water partition coefficient (Wildman–Crippen LogP) is 3.63. The van der Waals surface area contributed by atoms with Crippen LogP contribution in [0.4, 0.5) is 5.69 Å². The van der Waals surface area contributed by atoms with Crippen LogP contribution in [0.3, 0.4) is 0 Å². The fourth-order valence-electron chi connectivity index (χ4n) is 2.38. The van der Waals surface area contributed by atoms with Gasteiger partial charge in [0.2, 0.25) is 11.6 Å². The molecule has 0 spiro atoms. The van der Waals surface area contributed by atoms with Crippen molar-refractivity contribution in [3.63, 3.8) is 0 Å². The molecule has 0 radical (unpaired) electrons. The minimum absolute atomic E-state index is 0.213. The van der Waals surface area contributed by atoms with Gasteiger partial charge in [-0.1, -0.05) is 12.1 Å². The summed E-state index contributed by atoms with van der Waals surface area (Å²) >= 11 is 0. The number of benzene rings is 1. The number of hydrogen-bond acceptors (Lipinski definition) is 6. The number of nitrogens with one attached hydrogen (secondary N) is 1. The van der Waals surface area contributed by atoms with E-state index in [1.165, 1.54) is 0 Å². The van der Waals surface area contributed by atoms with E-state index >= 15 is 0 Å². The molecule has 2 aromatic heterocycles. The average molecular weight is 326 g/mol. The van der Waals surface area contributed by atoms with E-state index in [1.807, 2.05) is 24.3 Å². The minimum Gasteiger partial charge on any atom is -0.481 e. The van der Waals surface area contributed by atoms with Crippen LogP contribution in [0.15, 0.2) is 47.0 Å². The molecule has 0 saturated heterocycles. The first-order chi connectivity index (χ1) is 11.7. The number of ether oxygens (including phenoxy) is 2. The van der Waals surface area contributed by atoms with Crippen molar-refractivity contribution < 1.29 is 18.7 Å². The van der Waals surface area contributed by atoms with Gasteiger partial charge in [-0.3, -0.25) is 0 Å². The monoisotopic (exact) mass is 326 g/mol. The molecule has 1 aromatic carbocycles. The number of pyridine rings is 1. The van der Waals surface area contributed by atoms with Gasteiger partial charge in [0.05, 0.1) is 25.6 Å². The standard InChI is InChI=1S/C18H18N2O4/c1-3-23-18(21)16-9-14-12(5-4-6-15(14)24-16)10-19-13-7-8-17(22-2)20-11-13/h4-9,11,19H,3,10H2,1-2H3. The van der Waals surface area contributed by atoms with Crippen molar-refractivity contribution >= 4 is 22.6 Å². The van der Waals surface area contributed by atoms with Gasteiger partial charge in [0, 0.05) is 18.0 Å². The SMILES string of the molecule is CCOC(=O)c1cc2c(CNc3ccc(OC)nc3)cccc2o1. The molecule has 0 aliphatic heterocycles. The van der Waals surface area contributed by atoms with E-state index in [-0.39, 0.29) is 5.76 Å². The lowest BCUT2D eigenvalue weighted by molar-refractivity contribution is 0.0492. The van der Waals surface area contributed by atoms with Crippen molar-refractivity contribution in [1.29, 1.82) is 0 Å². The van der Waals surface area contributed by atoms with Crippen LogP contribution in [-0.2, 0) is 11.3 Å². The molecule has 0 saturated carbocycles. The molecule has 0 aliphatic rings. The number of carbonyl (C=O) groups is 1. The van der Waals surface area contributed by atoms with Gasteiger partial charge in [0.25, 0.3) is 0 Å². The van der Waals surface area contributed by atoms with Gasteiger partial charge in [0.1, 0.15) is 5.58 Å². The van der Waals surface area contributed by atoms with E-state index in [0.717, 1.165) is 16.6 Å². The second-order valence-corrected chi connectivity index (χ2v) is 5.10. The first-order valence-electron chi connectivity index (χ1n) is 7.63. The number of furan rings is 1. The molecule has 0 amide bonds. The van der Waals surface area contributed by atoms with Gasteiger partial charge in [0.15, 0.2) is 0 Å². The number of nitrogens with zero attached hydrogens (tertiary/aromatic N) is 1. The van der Waals surface area contributed by atoms with Gasteiger partial charge >= 0.3 is 5.97 Å². The maximum absolute atomic E-state index is 11.8. The maximum Gasteiger partial charge on any atom is 0.374 e. The largest absolute Gasteiger partial charge is 0.481 e. The molecular weight excluding hydrogens is 308 g/mol. The Bertz CT molecular complexity index is 840. The van der Waals surface area contributed by atoms with Crippen LogP contribution < -0.4 is 10.1 Å². The molecule has 124 valence electrons. The number of aromatic nitrogens is 1. The molecule has 6 nitrogen and oxygen atoms in total. The lowest BCUT2D eigenvalue weighted by Crippen LogP contribution is -2.02. The summed E-state index contributed by atoms with van der Waals surface area (Å²) in [7, 11) is 1.58. The van der Waals surface area contributed by atoms with Crippen molar-refractivity contribution in [2.45, 2.75) is 13.5 Å². The second-order valence-electron chi connectivity index (χ2n) is 5.10. The van der Waals surface area contributed by atoms with Crippen LogP contribution >= 0.6 is 0 Å². The molecule has 0 unspecified atom stereocenters. The van der Waals surface area contributed by atoms with E-state index in [0.29, 0.717) is 24.6 Å². The first-order valence-corrected chi connectivity index (χ1v) is 7.63. The number of rotatable bonds is 6. The van der Waals surface area contributed by atoms with E-state index < -0.39 is 5.97 Å². The Morgan fingerprint density at radius 1 is 1.29 bits per heavy atom.